The minimum Gasteiger partial charge on any atom is -0.340 e. The number of hydrogen-bond acceptors (Lipinski definition) is 6. The fourth-order valence-corrected chi connectivity index (χ4v) is 6.02. The molecule has 6 rings (SSSR count). The largest absolute Gasteiger partial charge is 0.340 e. The van der Waals surface area contributed by atoms with E-state index in [0.717, 1.165) is 54.7 Å². The summed E-state index contributed by atoms with van der Waals surface area (Å²) >= 11 is 12.8. The second-order valence-corrected chi connectivity index (χ2v) is 11.2. The van der Waals surface area contributed by atoms with Crippen LogP contribution >= 0.6 is 23.2 Å². The SMILES string of the molecule is CCN1CCC(n2cc([C@@H](Cc3cc(Cl)c4ncnc(Nc5ccc(F)c(Cl)c5)c4c3)c3ccccc3)nn2)CC1. The number of nitrogens with one attached hydrogen (secondary N) is 1. The van der Waals surface area contributed by atoms with Gasteiger partial charge >= 0.3 is 0 Å². The standard InChI is InChI=1S/C31H30Cl2FN7/c1-2-40-12-10-23(11-13-40)41-18-29(38-39-41)24(21-6-4-3-5-7-21)14-20-15-25-30(27(33)16-20)35-19-36-31(25)37-22-8-9-28(34)26(32)17-22/h3-9,15-19,23-24H,2,10-14H2,1H3,(H,35,36,37)/t24-/m0/s1. The van der Waals surface area contributed by atoms with Crippen molar-refractivity contribution in [2.45, 2.75) is 38.1 Å². The Balaban J connectivity index is 1.33. The molecule has 0 amide bonds. The van der Waals surface area contributed by atoms with Crippen molar-refractivity contribution in [3.63, 3.8) is 0 Å². The van der Waals surface area contributed by atoms with Crippen molar-refractivity contribution in [3.05, 3.63) is 106 Å². The van der Waals surface area contributed by atoms with E-state index in [1.807, 2.05) is 24.3 Å². The van der Waals surface area contributed by atoms with Gasteiger partial charge in [0.1, 0.15) is 18.0 Å². The van der Waals surface area contributed by atoms with E-state index < -0.39 is 5.82 Å². The summed E-state index contributed by atoms with van der Waals surface area (Å²) in [6.45, 7) is 5.45. The molecular weight excluding hydrogens is 560 g/mol. The zero-order valence-electron chi connectivity index (χ0n) is 22.6. The summed E-state index contributed by atoms with van der Waals surface area (Å²) in [5.74, 6) is 0.0543. The Labute approximate surface area is 248 Å². The summed E-state index contributed by atoms with van der Waals surface area (Å²) in [7, 11) is 0. The van der Waals surface area contributed by atoms with Gasteiger partial charge in [0.25, 0.3) is 0 Å². The molecule has 1 aliphatic heterocycles. The van der Waals surface area contributed by atoms with Gasteiger partial charge in [0.2, 0.25) is 0 Å². The van der Waals surface area contributed by atoms with Crippen LogP contribution in [0.2, 0.25) is 10.0 Å². The lowest BCUT2D eigenvalue weighted by molar-refractivity contribution is 0.186. The van der Waals surface area contributed by atoms with Crippen molar-refractivity contribution in [3.8, 4) is 0 Å². The molecule has 3 heterocycles. The van der Waals surface area contributed by atoms with Gasteiger partial charge in [-0.15, -0.1) is 5.10 Å². The Morgan fingerprint density at radius 2 is 1.80 bits per heavy atom. The summed E-state index contributed by atoms with van der Waals surface area (Å²) in [4.78, 5) is 11.3. The number of aromatic nitrogens is 5. The molecule has 0 saturated carbocycles. The third kappa shape index (κ3) is 6.05. The van der Waals surface area contributed by atoms with Crippen molar-refractivity contribution in [1.29, 1.82) is 0 Å². The van der Waals surface area contributed by atoms with Gasteiger partial charge in [-0.3, -0.25) is 0 Å². The van der Waals surface area contributed by atoms with Crippen LogP contribution in [0.1, 0.15) is 48.5 Å². The van der Waals surface area contributed by atoms with E-state index in [2.05, 4.69) is 66.5 Å². The molecule has 1 fully saturated rings. The van der Waals surface area contributed by atoms with E-state index in [4.69, 9.17) is 23.2 Å². The number of fused-ring (bicyclic) bond motifs is 1. The highest BCUT2D eigenvalue weighted by atomic mass is 35.5. The highest BCUT2D eigenvalue weighted by Gasteiger charge is 2.24. The second-order valence-electron chi connectivity index (χ2n) is 10.4. The first-order chi connectivity index (χ1) is 20.0. The van der Waals surface area contributed by atoms with Gasteiger partial charge in [-0.05, 0) is 67.3 Å². The predicted molar refractivity (Wildman–Crippen MR) is 162 cm³/mol. The summed E-state index contributed by atoms with van der Waals surface area (Å²) in [6, 6.07) is 19.2. The quantitative estimate of drug-likeness (QED) is 0.203. The highest BCUT2D eigenvalue weighted by Crippen LogP contribution is 2.34. The smallest absolute Gasteiger partial charge is 0.141 e. The Morgan fingerprint density at radius 3 is 2.56 bits per heavy atom. The van der Waals surface area contributed by atoms with Gasteiger partial charge in [0, 0.05) is 36.3 Å². The van der Waals surface area contributed by atoms with Crippen LogP contribution in [0.25, 0.3) is 10.9 Å². The number of rotatable bonds is 8. The van der Waals surface area contributed by atoms with Crippen LogP contribution in [0.4, 0.5) is 15.9 Å². The topological polar surface area (TPSA) is 71.8 Å². The Hall–Kier alpha value is -3.59. The lowest BCUT2D eigenvalue weighted by Crippen LogP contribution is -2.34. The molecule has 1 aliphatic rings. The second kappa shape index (κ2) is 12.1. The summed E-state index contributed by atoms with van der Waals surface area (Å²) in [5, 5.41) is 13.8. The van der Waals surface area contributed by atoms with Gasteiger partial charge in [-0.25, -0.2) is 19.0 Å². The fraction of sp³-hybridized carbons (Fsp3) is 0.290. The van der Waals surface area contributed by atoms with E-state index in [9.17, 15) is 4.39 Å². The molecule has 0 aliphatic carbocycles. The zero-order chi connectivity index (χ0) is 28.3. The average Bonchev–Trinajstić information content (AvgIpc) is 3.49. The van der Waals surface area contributed by atoms with Crippen LogP contribution in [0.5, 0.6) is 0 Å². The third-order valence-corrected chi connectivity index (χ3v) is 8.42. The van der Waals surface area contributed by atoms with Gasteiger partial charge in [-0.2, -0.15) is 0 Å². The molecule has 5 aromatic rings. The molecule has 0 radical (unpaired) electrons. The average molecular weight is 591 g/mol. The molecule has 210 valence electrons. The number of anilines is 2. The minimum absolute atomic E-state index is 0.0221. The first kappa shape index (κ1) is 27.6. The number of piperidine rings is 1. The lowest BCUT2D eigenvalue weighted by atomic mass is 9.89. The third-order valence-electron chi connectivity index (χ3n) is 7.84. The van der Waals surface area contributed by atoms with Crippen LogP contribution < -0.4 is 5.32 Å². The van der Waals surface area contributed by atoms with Crippen molar-refractivity contribution in [1.82, 2.24) is 29.9 Å². The maximum absolute atomic E-state index is 13.7. The van der Waals surface area contributed by atoms with Crippen molar-refractivity contribution < 1.29 is 4.39 Å². The van der Waals surface area contributed by atoms with Gasteiger partial charge in [0.05, 0.1) is 27.3 Å². The van der Waals surface area contributed by atoms with E-state index in [1.165, 1.54) is 18.5 Å². The Kier molecular flexibility index (Phi) is 8.14. The molecule has 1 N–H and O–H groups in total. The molecule has 0 spiro atoms. The predicted octanol–water partition coefficient (Wildman–Crippen LogP) is 7.44. The summed E-state index contributed by atoms with van der Waals surface area (Å²) < 4.78 is 15.8. The van der Waals surface area contributed by atoms with Crippen LogP contribution in [-0.4, -0.2) is 49.5 Å². The number of likely N-dealkylation sites (tertiary alicyclic amines) is 1. The molecule has 10 heteroatoms. The van der Waals surface area contributed by atoms with Crippen LogP contribution in [0, 0.1) is 5.82 Å². The van der Waals surface area contributed by atoms with Gasteiger partial charge in [0.15, 0.2) is 0 Å². The number of halogens is 3. The zero-order valence-corrected chi connectivity index (χ0v) is 24.2. The van der Waals surface area contributed by atoms with Crippen LogP contribution in [0.3, 0.4) is 0 Å². The highest BCUT2D eigenvalue weighted by molar-refractivity contribution is 6.35. The van der Waals surface area contributed by atoms with E-state index >= 15 is 0 Å². The molecule has 3 aromatic carbocycles. The maximum atomic E-state index is 13.7. The van der Waals surface area contributed by atoms with E-state index in [1.54, 1.807) is 6.07 Å². The number of hydrogen-bond donors (Lipinski definition) is 1. The normalized spacial score (nSPS) is 15.3. The molecule has 2 aromatic heterocycles. The Morgan fingerprint density at radius 1 is 1.00 bits per heavy atom. The molecule has 1 saturated heterocycles. The first-order valence-corrected chi connectivity index (χ1v) is 14.6. The van der Waals surface area contributed by atoms with Crippen molar-refractivity contribution in [2.24, 2.45) is 0 Å². The molecule has 0 bridgehead atoms. The van der Waals surface area contributed by atoms with Crippen molar-refractivity contribution >= 4 is 45.6 Å². The minimum atomic E-state index is -0.481. The van der Waals surface area contributed by atoms with Gasteiger partial charge in [-0.1, -0.05) is 65.7 Å². The number of nitrogens with zero attached hydrogens (tertiary/aromatic N) is 6. The monoisotopic (exact) mass is 589 g/mol. The molecule has 7 nitrogen and oxygen atoms in total. The molecule has 0 unspecified atom stereocenters. The van der Waals surface area contributed by atoms with E-state index in [-0.39, 0.29) is 10.9 Å². The summed E-state index contributed by atoms with van der Waals surface area (Å²) in [6.07, 6.45) is 6.37. The Bertz CT molecular complexity index is 1650. The summed E-state index contributed by atoms with van der Waals surface area (Å²) in [5.41, 5.74) is 4.33. The van der Waals surface area contributed by atoms with Crippen LogP contribution in [-0.2, 0) is 6.42 Å². The lowest BCUT2D eigenvalue weighted by Gasteiger charge is -2.30. The first-order valence-electron chi connectivity index (χ1n) is 13.8. The van der Waals surface area contributed by atoms with Crippen LogP contribution in [0.15, 0.2) is 73.2 Å². The van der Waals surface area contributed by atoms with Gasteiger partial charge < -0.3 is 10.2 Å². The molecule has 1 atom stereocenters. The van der Waals surface area contributed by atoms with E-state index in [0.29, 0.717) is 34.5 Å². The molecular formula is C31H30Cl2FN7. The molecule has 41 heavy (non-hydrogen) atoms. The fourth-order valence-electron chi connectivity index (χ4n) is 5.55. The van der Waals surface area contributed by atoms with Crippen molar-refractivity contribution in [2.75, 3.05) is 25.0 Å². The number of benzene rings is 3. The maximum Gasteiger partial charge on any atom is 0.141 e.